The molecule has 0 atom stereocenters. The fourth-order valence-electron chi connectivity index (χ4n) is 1.53. The summed E-state index contributed by atoms with van der Waals surface area (Å²) >= 11 is 5.93. The van der Waals surface area contributed by atoms with Crippen LogP contribution in [0.25, 0.3) is 0 Å². The third-order valence-corrected chi connectivity index (χ3v) is 2.91. The molecule has 0 aliphatic rings. The lowest BCUT2D eigenvalue weighted by Gasteiger charge is -2.08. The second-order valence-corrected chi connectivity index (χ2v) is 5.17. The molecule has 2 amide bonds. The van der Waals surface area contributed by atoms with Crippen molar-refractivity contribution in [3.63, 3.8) is 0 Å². The van der Waals surface area contributed by atoms with Gasteiger partial charge >= 0.3 is 0 Å². The summed E-state index contributed by atoms with van der Waals surface area (Å²) in [6.45, 7) is 4.33. The minimum Gasteiger partial charge on any atom is -0.370 e. The number of aromatic nitrogens is 2. The minimum atomic E-state index is -0.336. The van der Waals surface area contributed by atoms with Crippen molar-refractivity contribution in [3.05, 3.63) is 22.7 Å². The van der Waals surface area contributed by atoms with Gasteiger partial charge in [0.05, 0.1) is 11.2 Å². The number of nitrogens with two attached hydrogens (primary N) is 1. The number of nitrogens with zero attached hydrogens (tertiary/aromatic N) is 2. The zero-order valence-electron chi connectivity index (χ0n) is 11.6. The van der Waals surface area contributed by atoms with Crippen LogP contribution in [0, 0.1) is 0 Å². The fraction of sp³-hybridized carbons (Fsp3) is 0.538. The zero-order valence-corrected chi connectivity index (χ0v) is 12.4. The Morgan fingerprint density at radius 3 is 2.70 bits per heavy atom. The molecule has 20 heavy (non-hydrogen) atoms. The van der Waals surface area contributed by atoms with Crippen LogP contribution in [0.4, 0.5) is 0 Å². The highest BCUT2D eigenvalue weighted by molar-refractivity contribution is 6.33. The maximum atomic E-state index is 12.0. The van der Waals surface area contributed by atoms with Crippen LogP contribution in [0.15, 0.2) is 6.20 Å². The Labute approximate surface area is 123 Å². The minimum absolute atomic E-state index is 0.120. The largest absolute Gasteiger partial charge is 0.370 e. The average Bonchev–Trinajstić information content (AvgIpc) is 2.37. The summed E-state index contributed by atoms with van der Waals surface area (Å²) in [4.78, 5) is 30.8. The Bertz CT molecular complexity index is 491. The van der Waals surface area contributed by atoms with Gasteiger partial charge in [-0.05, 0) is 12.8 Å². The molecule has 0 spiro atoms. The number of nitrogens with one attached hydrogen (secondary N) is 1. The smallest absolute Gasteiger partial charge is 0.271 e. The predicted molar refractivity (Wildman–Crippen MR) is 76.5 cm³/mol. The summed E-state index contributed by atoms with van der Waals surface area (Å²) in [5.74, 6) is 0.0257. The van der Waals surface area contributed by atoms with Gasteiger partial charge in [0.25, 0.3) is 5.91 Å². The first kappa shape index (κ1) is 16.4. The Morgan fingerprint density at radius 2 is 2.10 bits per heavy atom. The number of amides is 2. The van der Waals surface area contributed by atoms with Gasteiger partial charge < -0.3 is 11.1 Å². The first-order valence-electron chi connectivity index (χ1n) is 6.50. The van der Waals surface area contributed by atoms with E-state index in [1.165, 1.54) is 6.20 Å². The molecule has 0 unspecified atom stereocenters. The standard InChI is InChI=1S/C13H19ClN4O2/c1-8(2)12-17-7-9(14)11(18-12)13(20)16-6-4-3-5-10(15)19/h7-8H,3-6H2,1-2H3,(H2,15,19)(H,16,20). The zero-order chi connectivity index (χ0) is 15.1. The quantitative estimate of drug-likeness (QED) is 0.748. The third kappa shape index (κ3) is 5.13. The molecule has 0 aliphatic heterocycles. The van der Waals surface area contributed by atoms with Crippen LogP contribution in [0.3, 0.4) is 0 Å². The van der Waals surface area contributed by atoms with Gasteiger partial charge in [-0.25, -0.2) is 9.97 Å². The molecule has 0 saturated heterocycles. The van der Waals surface area contributed by atoms with E-state index in [1.54, 1.807) is 0 Å². The van der Waals surface area contributed by atoms with Gasteiger partial charge in [0.1, 0.15) is 11.5 Å². The summed E-state index contributed by atoms with van der Waals surface area (Å²) in [5.41, 5.74) is 5.21. The molecule has 0 saturated carbocycles. The van der Waals surface area contributed by atoms with Crippen LogP contribution in [0.1, 0.15) is 55.3 Å². The van der Waals surface area contributed by atoms with Crippen molar-refractivity contribution in [1.82, 2.24) is 15.3 Å². The number of carbonyl (C=O) groups excluding carboxylic acids is 2. The van der Waals surface area contributed by atoms with E-state index in [-0.39, 0.29) is 28.4 Å². The number of hydrogen-bond acceptors (Lipinski definition) is 4. The fourth-order valence-corrected chi connectivity index (χ4v) is 1.70. The predicted octanol–water partition coefficient (Wildman–Crippen LogP) is 1.64. The van der Waals surface area contributed by atoms with E-state index in [4.69, 9.17) is 17.3 Å². The number of carbonyl (C=O) groups is 2. The molecule has 1 rings (SSSR count). The van der Waals surface area contributed by atoms with Gasteiger partial charge in [0.2, 0.25) is 5.91 Å². The number of rotatable bonds is 7. The molecule has 0 aliphatic carbocycles. The maximum Gasteiger partial charge on any atom is 0.271 e. The molecule has 3 N–H and O–H groups in total. The Kier molecular flexibility index (Phi) is 6.38. The molecule has 0 aromatic carbocycles. The first-order chi connectivity index (χ1) is 9.41. The van der Waals surface area contributed by atoms with Crippen molar-refractivity contribution >= 4 is 23.4 Å². The van der Waals surface area contributed by atoms with E-state index in [1.807, 2.05) is 13.8 Å². The Hall–Kier alpha value is -1.69. The molecule has 6 nitrogen and oxygen atoms in total. The highest BCUT2D eigenvalue weighted by Crippen LogP contribution is 2.16. The molecule has 0 bridgehead atoms. The summed E-state index contributed by atoms with van der Waals surface area (Å²) in [6.07, 6.45) is 3.08. The van der Waals surface area contributed by atoms with Crippen molar-refractivity contribution < 1.29 is 9.59 Å². The van der Waals surface area contributed by atoms with Crippen molar-refractivity contribution in [3.8, 4) is 0 Å². The number of primary amides is 1. The van der Waals surface area contributed by atoms with Crippen LogP contribution in [-0.2, 0) is 4.79 Å². The summed E-state index contributed by atoms with van der Waals surface area (Å²) in [5, 5.41) is 2.94. The number of halogens is 1. The lowest BCUT2D eigenvalue weighted by molar-refractivity contribution is -0.118. The van der Waals surface area contributed by atoms with Crippen molar-refractivity contribution in [2.24, 2.45) is 5.73 Å². The maximum absolute atomic E-state index is 12.0. The normalized spacial score (nSPS) is 10.6. The second kappa shape index (κ2) is 7.79. The van der Waals surface area contributed by atoms with Gasteiger partial charge in [-0.1, -0.05) is 25.4 Å². The molecule has 110 valence electrons. The number of unbranched alkanes of at least 4 members (excludes halogenated alkanes) is 1. The van der Waals surface area contributed by atoms with Gasteiger partial charge in [0.15, 0.2) is 0 Å². The lowest BCUT2D eigenvalue weighted by atomic mass is 10.2. The second-order valence-electron chi connectivity index (χ2n) is 4.76. The van der Waals surface area contributed by atoms with Gasteiger partial charge in [0, 0.05) is 18.9 Å². The van der Waals surface area contributed by atoms with E-state index < -0.39 is 0 Å². The van der Waals surface area contributed by atoms with E-state index in [0.717, 1.165) is 0 Å². The van der Waals surface area contributed by atoms with Crippen molar-refractivity contribution in [2.45, 2.75) is 39.0 Å². The molecular formula is C13H19ClN4O2. The van der Waals surface area contributed by atoms with Crippen LogP contribution in [-0.4, -0.2) is 28.3 Å². The highest BCUT2D eigenvalue weighted by Gasteiger charge is 2.14. The van der Waals surface area contributed by atoms with Crippen LogP contribution in [0.2, 0.25) is 5.02 Å². The molecule has 0 fully saturated rings. The van der Waals surface area contributed by atoms with Crippen LogP contribution >= 0.6 is 11.6 Å². The topological polar surface area (TPSA) is 98.0 Å². The van der Waals surface area contributed by atoms with Crippen molar-refractivity contribution in [2.75, 3.05) is 6.54 Å². The third-order valence-electron chi connectivity index (χ3n) is 2.63. The first-order valence-corrected chi connectivity index (χ1v) is 6.88. The van der Waals surface area contributed by atoms with Gasteiger partial charge in [-0.2, -0.15) is 0 Å². The summed E-state index contributed by atoms with van der Waals surface area (Å²) in [6, 6.07) is 0. The molecular weight excluding hydrogens is 280 g/mol. The number of hydrogen-bond donors (Lipinski definition) is 2. The summed E-state index contributed by atoms with van der Waals surface area (Å²) in [7, 11) is 0. The highest BCUT2D eigenvalue weighted by atomic mass is 35.5. The lowest BCUT2D eigenvalue weighted by Crippen LogP contribution is -2.26. The molecule has 1 aromatic heterocycles. The van der Waals surface area contributed by atoms with E-state index >= 15 is 0 Å². The van der Waals surface area contributed by atoms with E-state index in [2.05, 4.69) is 15.3 Å². The van der Waals surface area contributed by atoms with Crippen LogP contribution < -0.4 is 11.1 Å². The molecule has 0 radical (unpaired) electrons. The summed E-state index contributed by atoms with van der Waals surface area (Å²) < 4.78 is 0. The Morgan fingerprint density at radius 1 is 1.40 bits per heavy atom. The van der Waals surface area contributed by atoms with Crippen LogP contribution in [0.5, 0.6) is 0 Å². The molecule has 1 heterocycles. The van der Waals surface area contributed by atoms with E-state index in [9.17, 15) is 9.59 Å². The van der Waals surface area contributed by atoms with E-state index in [0.29, 0.717) is 31.6 Å². The molecule has 1 aromatic rings. The van der Waals surface area contributed by atoms with Crippen molar-refractivity contribution in [1.29, 1.82) is 0 Å². The van der Waals surface area contributed by atoms with Gasteiger partial charge in [-0.3, -0.25) is 9.59 Å². The molecule has 7 heteroatoms. The average molecular weight is 299 g/mol. The van der Waals surface area contributed by atoms with Gasteiger partial charge in [-0.15, -0.1) is 0 Å². The SMILES string of the molecule is CC(C)c1ncc(Cl)c(C(=O)NCCCCC(N)=O)n1. The Balaban J connectivity index is 2.54. The monoisotopic (exact) mass is 298 g/mol.